The number of hydrogen-bond donors (Lipinski definition) is 2. The Hall–Kier alpha value is -2.17. The average Bonchev–Trinajstić information content (AvgIpc) is 2.59. The van der Waals surface area contributed by atoms with Crippen LogP contribution in [0.5, 0.6) is 11.5 Å². The molecule has 0 aliphatic rings. The molecule has 0 unspecified atom stereocenters. The molecule has 2 rings (SSSR count). The van der Waals surface area contributed by atoms with Gasteiger partial charge in [0.1, 0.15) is 11.5 Å². The van der Waals surface area contributed by atoms with Gasteiger partial charge in [-0.3, -0.25) is 4.68 Å². The van der Waals surface area contributed by atoms with Gasteiger partial charge in [-0.25, -0.2) is 0 Å². The molecule has 1 heterocycles. The third kappa shape index (κ3) is 1.56. The van der Waals surface area contributed by atoms with Crippen LogP contribution >= 0.6 is 0 Å². The second-order valence-corrected chi connectivity index (χ2v) is 3.46. The standard InChI is InChI=1S/C11H13N3O2/c1-14-11(9(12)6-13-14)8-4-3-7(16-2)5-10(8)15/h3-6,15H,12H2,1-2H3. The fourth-order valence-corrected chi connectivity index (χ4v) is 1.62. The van der Waals surface area contributed by atoms with Gasteiger partial charge in [0.2, 0.25) is 0 Å². The van der Waals surface area contributed by atoms with Crippen LogP contribution < -0.4 is 10.5 Å². The lowest BCUT2D eigenvalue weighted by Crippen LogP contribution is -1.96. The number of phenolic OH excluding ortho intramolecular Hbond substituents is 1. The molecule has 0 saturated heterocycles. The number of anilines is 1. The number of aromatic hydroxyl groups is 1. The van der Waals surface area contributed by atoms with Crippen molar-refractivity contribution in [3.05, 3.63) is 24.4 Å². The molecule has 0 spiro atoms. The number of nitrogens with two attached hydrogens (primary N) is 1. The van der Waals surface area contributed by atoms with Crippen molar-refractivity contribution >= 4 is 5.69 Å². The number of aromatic nitrogens is 2. The van der Waals surface area contributed by atoms with Crippen LogP contribution in [0, 0.1) is 0 Å². The van der Waals surface area contributed by atoms with Crippen LogP contribution in [0.4, 0.5) is 5.69 Å². The molecule has 1 aromatic heterocycles. The zero-order chi connectivity index (χ0) is 11.7. The lowest BCUT2D eigenvalue weighted by Gasteiger charge is -2.08. The first-order valence-corrected chi connectivity index (χ1v) is 4.78. The lowest BCUT2D eigenvalue weighted by atomic mass is 10.1. The van der Waals surface area contributed by atoms with Crippen molar-refractivity contribution in [1.82, 2.24) is 9.78 Å². The summed E-state index contributed by atoms with van der Waals surface area (Å²) in [5, 5.41) is 13.9. The van der Waals surface area contributed by atoms with Gasteiger partial charge >= 0.3 is 0 Å². The van der Waals surface area contributed by atoms with E-state index >= 15 is 0 Å². The van der Waals surface area contributed by atoms with E-state index < -0.39 is 0 Å². The van der Waals surface area contributed by atoms with Crippen LogP contribution in [0.2, 0.25) is 0 Å². The molecule has 0 atom stereocenters. The van der Waals surface area contributed by atoms with Crippen molar-refractivity contribution in [1.29, 1.82) is 0 Å². The third-order valence-electron chi connectivity index (χ3n) is 2.43. The maximum atomic E-state index is 9.87. The summed E-state index contributed by atoms with van der Waals surface area (Å²) in [6.07, 6.45) is 1.55. The monoisotopic (exact) mass is 219 g/mol. The van der Waals surface area contributed by atoms with Gasteiger partial charge in [-0.1, -0.05) is 0 Å². The molecule has 16 heavy (non-hydrogen) atoms. The quantitative estimate of drug-likeness (QED) is 0.800. The Morgan fingerprint density at radius 2 is 2.19 bits per heavy atom. The molecular formula is C11H13N3O2. The summed E-state index contributed by atoms with van der Waals surface area (Å²) in [4.78, 5) is 0. The fourth-order valence-electron chi connectivity index (χ4n) is 1.62. The predicted octanol–water partition coefficient (Wildman–Crippen LogP) is 1.38. The maximum Gasteiger partial charge on any atom is 0.128 e. The zero-order valence-corrected chi connectivity index (χ0v) is 9.14. The molecule has 0 aliphatic heterocycles. The summed E-state index contributed by atoms with van der Waals surface area (Å²) in [6, 6.07) is 5.06. The molecule has 84 valence electrons. The number of benzene rings is 1. The van der Waals surface area contributed by atoms with E-state index in [4.69, 9.17) is 10.5 Å². The number of ether oxygens (including phenoxy) is 1. The van der Waals surface area contributed by atoms with Crippen LogP contribution in [0.3, 0.4) is 0 Å². The van der Waals surface area contributed by atoms with Gasteiger partial charge in [-0.05, 0) is 12.1 Å². The number of phenols is 1. The van der Waals surface area contributed by atoms with Crippen molar-refractivity contribution in [3.63, 3.8) is 0 Å². The van der Waals surface area contributed by atoms with Crippen molar-refractivity contribution in [3.8, 4) is 22.8 Å². The van der Waals surface area contributed by atoms with Crippen molar-refractivity contribution in [2.45, 2.75) is 0 Å². The highest BCUT2D eigenvalue weighted by Gasteiger charge is 2.12. The van der Waals surface area contributed by atoms with Gasteiger partial charge in [-0.2, -0.15) is 5.10 Å². The number of methoxy groups -OCH3 is 1. The van der Waals surface area contributed by atoms with E-state index in [1.807, 2.05) is 0 Å². The molecule has 0 bridgehead atoms. The minimum atomic E-state index is 0.120. The molecular weight excluding hydrogens is 206 g/mol. The fraction of sp³-hybridized carbons (Fsp3) is 0.182. The predicted molar refractivity (Wildman–Crippen MR) is 61.3 cm³/mol. The summed E-state index contributed by atoms with van der Waals surface area (Å²) in [5.41, 5.74) is 7.65. The van der Waals surface area contributed by atoms with Gasteiger partial charge in [0.05, 0.1) is 24.7 Å². The van der Waals surface area contributed by atoms with E-state index in [9.17, 15) is 5.11 Å². The summed E-state index contributed by atoms with van der Waals surface area (Å²) in [7, 11) is 3.32. The number of rotatable bonds is 2. The summed E-state index contributed by atoms with van der Waals surface area (Å²) < 4.78 is 6.64. The van der Waals surface area contributed by atoms with E-state index in [1.54, 1.807) is 43.2 Å². The Kier molecular flexibility index (Phi) is 2.44. The number of aryl methyl sites for hydroxylation is 1. The van der Waals surface area contributed by atoms with Gasteiger partial charge in [-0.15, -0.1) is 0 Å². The SMILES string of the molecule is COc1ccc(-c2c(N)cnn2C)c(O)c1. The van der Waals surface area contributed by atoms with Crippen LogP contribution in [0.15, 0.2) is 24.4 Å². The highest BCUT2D eigenvalue weighted by molar-refractivity contribution is 5.77. The molecule has 0 fully saturated rings. The topological polar surface area (TPSA) is 73.3 Å². The Labute approximate surface area is 93.1 Å². The van der Waals surface area contributed by atoms with Crippen LogP contribution in [-0.2, 0) is 7.05 Å². The highest BCUT2D eigenvalue weighted by Crippen LogP contribution is 2.34. The largest absolute Gasteiger partial charge is 0.507 e. The lowest BCUT2D eigenvalue weighted by molar-refractivity contribution is 0.408. The normalized spacial score (nSPS) is 10.4. The minimum Gasteiger partial charge on any atom is -0.507 e. The maximum absolute atomic E-state index is 9.87. The molecule has 2 aromatic rings. The smallest absolute Gasteiger partial charge is 0.128 e. The summed E-state index contributed by atoms with van der Waals surface area (Å²) in [5.74, 6) is 0.719. The van der Waals surface area contributed by atoms with Crippen LogP contribution in [0.25, 0.3) is 11.3 Å². The minimum absolute atomic E-state index is 0.120. The van der Waals surface area contributed by atoms with E-state index in [-0.39, 0.29) is 5.75 Å². The Morgan fingerprint density at radius 1 is 1.44 bits per heavy atom. The van der Waals surface area contributed by atoms with Crippen molar-refractivity contribution in [2.24, 2.45) is 7.05 Å². The average molecular weight is 219 g/mol. The van der Waals surface area contributed by atoms with E-state index in [1.165, 1.54) is 0 Å². The molecule has 3 N–H and O–H groups in total. The number of hydrogen-bond acceptors (Lipinski definition) is 4. The first-order chi connectivity index (χ1) is 7.63. The van der Waals surface area contributed by atoms with Crippen LogP contribution in [0.1, 0.15) is 0 Å². The first-order valence-electron chi connectivity index (χ1n) is 4.78. The molecule has 1 aromatic carbocycles. The van der Waals surface area contributed by atoms with Crippen molar-refractivity contribution in [2.75, 3.05) is 12.8 Å². The summed E-state index contributed by atoms with van der Waals surface area (Å²) in [6.45, 7) is 0. The number of nitrogen functional groups attached to an aromatic ring is 1. The van der Waals surface area contributed by atoms with E-state index in [0.29, 0.717) is 22.7 Å². The van der Waals surface area contributed by atoms with Gasteiger partial charge in [0.25, 0.3) is 0 Å². The molecule has 0 amide bonds. The Morgan fingerprint density at radius 3 is 2.69 bits per heavy atom. The van der Waals surface area contributed by atoms with Gasteiger partial charge < -0.3 is 15.6 Å². The third-order valence-corrected chi connectivity index (χ3v) is 2.43. The second kappa shape index (κ2) is 3.77. The molecule has 0 saturated carbocycles. The second-order valence-electron chi connectivity index (χ2n) is 3.46. The molecule has 0 aliphatic carbocycles. The summed E-state index contributed by atoms with van der Waals surface area (Å²) >= 11 is 0. The van der Waals surface area contributed by atoms with Crippen molar-refractivity contribution < 1.29 is 9.84 Å². The molecule has 0 radical (unpaired) electrons. The first kappa shape index (κ1) is 10.4. The molecule has 5 heteroatoms. The molecule has 5 nitrogen and oxygen atoms in total. The zero-order valence-electron chi connectivity index (χ0n) is 9.14. The van der Waals surface area contributed by atoms with Crippen LogP contribution in [-0.4, -0.2) is 22.0 Å². The number of nitrogens with zero attached hydrogens (tertiary/aromatic N) is 2. The van der Waals surface area contributed by atoms with Gasteiger partial charge in [0.15, 0.2) is 0 Å². The van der Waals surface area contributed by atoms with Gasteiger partial charge in [0, 0.05) is 18.7 Å². The van der Waals surface area contributed by atoms with E-state index in [0.717, 1.165) is 0 Å². The Balaban J connectivity index is 2.57. The highest BCUT2D eigenvalue weighted by atomic mass is 16.5. The Bertz CT molecular complexity index is 500. The van der Waals surface area contributed by atoms with E-state index in [2.05, 4.69) is 5.10 Å².